The van der Waals surface area contributed by atoms with Gasteiger partial charge in [-0.1, -0.05) is 69.5 Å². The van der Waals surface area contributed by atoms with Gasteiger partial charge in [-0.3, -0.25) is 4.57 Å². The lowest BCUT2D eigenvalue weighted by molar-refractivity contribution is -0.275. The number of halogens is 8. The van der Waals surface area contributed by atoms with Crippen molar-refractivity contribution in [2.24, 2.45) is 0 Å². The fraction of sp³-hybridized carbons (Fsp3) is 0.182. The molecule has 212 valence electrons. The van der Waals surface area contributed by atoms with Gasteiger partial charge in [-0.05, 0) is 41.5 Å². The molecule has 0 spiro atoms. The largest absolute Gasteiger partial charge is 0.573 e. The van der Waals surface area contributed by atoms with Crippen LogP contribution in [0.2, 0.25) is 10.0 Å². The van der Waals surface area contributed by atoms with E-state index in [0.717, 1.165) is 34.6 Å². The lowest BCUT2D eigenvalue weighted by atomic mass is 10.1. The van der Waals surface area contributed by atoms with Crippen LogP contribution in [-0.2, 0) is 33.3 Å². The molecule has 0 saturated heterocycles. The predicted molar refractivity (Wildman–Crippen MR) is 136 cm³/mol. The summed E-state index contributed by atoms with van der Waals surface area (Å²) in [5.74, 6) is -0.998. The van der Waals surface area contributed by atoms with Gasteiger partial charge >= 0.3 is 19.6 Å². The van der Waals surface area contributed by atoms with E-state index in [-0.39, 0.29) is 21.2 Å². The second-order valence-corrected chi connectivity index (χ2v) is 13.1. The summed E-state index contributed by atoms with van der Waals surface area (Å²) in [5, 5.41) is 0.225. The molecule has 0 aliphatic rings. The third kappa shape index (κ3) is 7.50. The van der Waals surface area contributed by atoms with Gasteiger partial charge in [0.25, 0.3) is 0 Å². The fourth-order valence-electron chi connectivity index (χ4n) is 3.34. The van der Waals surface area contributed by atoms with Gasteiger partial charge in [0.05, 0.1) is 10.0 Å². The lowest BCUT2D eigenvalue weighted by Gasteiger charge is -2.25. The summed E-state index contributed by atoms with van der Waals surface area (Å²) in [6.07, 6.45) is -5.20. The Bertz CT molecular complexity index is 1540. The van der Waals surface area contributed by atoms with E-state index >= 15 is 0 Å². The average Bonchev–Trinajstić information content (AvgIpc) is 2.79. The van der Waals surface area contributed by atoms with Crippen molar-refractivity contribution < 1.29 is 49.5 Å². The Morgan fingerprint density at radius 1 is 0.897 bits per heavy atom. The molecule has 39 heavy (non-hydrogen) atoms. The maximum atomic E-state index is 14.2. The van der Waals surface area contributed by atoms with Crippen molar-refractivity contribution in [3.8, 4) is 5.75 Å². The molecule has 0 heterocycles. The Morgan fingerprint density at radius 3 is 2.00 bits per heavy atom. The minimum atomic E-state index is -5.90. The Hall–Kier alpha value is -1.77. The number of nitrogens with zero attached hydrogens (tertiary/aromatic N) is 1. The van der Waals surface area contributed by atoms with Crippen molar-refractivity contribution >= 4 is 56.8 Å². The Balaban J connectivity index is 2.09. The van der Waals surface area contributed by atoms with Gasteiger partial charge in [0.1, 0.15) is 10.6 Å². The van der Waals surface area contributed by atoms with Crippen LogP contribution in [0.4, 0.5) is 22.0 Å². The SMILES string of the molecule is O=P(O)(O)C(F)(F)c1ccc(CN(Cc2ccc(Cl)c(Cl)c2)S(=O)(=O)c2ccccc2OC(F)(F)F)cc1Br. The molecule has 3 rings (SSSR count). The summed E-state index contributed by atoms with van der Waals surface area (Å²) in [7, 11) is -10.7. The van der Waals surface area contributed by atoms with Gasteiger partial charge in [0, 0.05) is 23.1 Å². The summed E-state index contributed by atoms with van der Waals surface area (Å²) in [4.78, 5) is 17.2. The number of hydrogen-bond acceptors (Lipinski definition) is 4. The minimum Gasteiger partial charge on any atom is -0.404 e. The molecule has 0 atom stereocenters. The van der Waals surface area contributed by atoms with E-state index < -0.39 is 63.4 Å². The first-order valence-corrected chi connectivity index (χ1v) is 14.9. The van der Waals surface area contributed by atoms with Crippen molar-refractivity contribution in [2.75, 3.05) is 0 Å². The number of rotatable bonds is 9. The maximum absolute atomic E-state index is 14.2. The Morgan fingerprint density at radius 2 is 1.46 bits per heavy atom. The van der Waals surface area contributed by atoms with Gasteiger partial charge < -0.3 is 14.5 Å². The van der Waals surface area contributed by atoms with E-state index in [1.54, 1.807) is 0 Å². The van der Waals surface area contributed by atoms with Gasteiger partial charge in [0.15, 0.2) is 0 Å². The van der Waals surface area contributed by atoms with Crippen LogP contribution in [0.5, 0.6) is 5.75 Å². The highest BCUT2D eigenvalue weighted by Gasteiger charge is 2.51. The number of sulfonamides is 1. The molecule has 0 fully saturated rings. The van der Waals surface area contributed by atoms with Crippen LogP contribution in [0.15, 0.2) is 70.0 Å². The van der Waals surface area contributed by atoms with Crippen LogP contribution < -0.4 is 4.74 Å². The zero-order valence-electron chi connectivity index (χ0n) is 19.0. The van der Waals surface area contributed by atoms with E-state index in [4.69, 9.17) is 33.0 Å². The third-order valence-corrected chi connectivity index (χ3v) is 9.32. The van der Waals surface area contributed by atoms with E-state index in [2.05, 4.69) is 20.7 Å². The minimum absolute atomic E-state index is 0.0463. The summed E-state index contributed by atoms with van der Waals surface area (Å²) in [6.45, 7) is -1.01. The number of para-hydroxylation sites is 1. The average molecular weight is 699 g/mol. The van der Waals surface area contributed by atoms with Crippen molar-refractivity contribution in [3.63, 3.8) is 0 Å². The van der Waals surface area contributed by atoms with E-state index in [1.165, 1.54) is 24.3 Å². The van der Waals surface area contributed by atoms with Gasteiger partial charge in [0.2, 0.25) is 10.0 Å². The van der Waals surface area contributed by atoms with Crippen molar-refractivity contribution in [2.45, 2.75) is 30.0 Å². The molecule has 3 aromatic carbocycles. The number of benzene rings is 3. The number of hydrogen-bond donors (Lipinski definition) is 2. The van der Waals surface area contributed by atoms with Gasteiger partial charge in [-0.15, -0.1) is 13.2 Å². The molecular weight excluding hydrogens is 683 g/mol. The second kappa shape index (κ2) is 11.6. The van der Waals surface area contributed by atoms with Crippen LogP contribution in [0, 0.1) is 0 Å². The predicted octanol–water partition coefficient (Wildman–Crippen LogP) is 7.27. The second-order valence-electron chi connectivity index (χ2n) is 7.92. The summed E-state index contributed by atoms with van der Waals surface area (Å²) >= 11 is 14.7. The molecule has 0 bridgehead atoms. The van der Waals surface area contributed by atoms with Crippen molar-refractivity contribution in [1.29, 1.82) is 0 Å². The standard InChI is InChI=1S/C22H16BrCl2F5NO6PS/c23-16-9-13(5-7-15(16)21(26,27)38(32,33)34)11-31(12-14-6-8-17(24)18(25)10-14)39(35,36)20-4-2-1-3-19(20)37-22(28,29)30/h1-10H,11-12H2,(H2,32,33,34). The van der Waals surface area contributed by atoms with E-state index in [0.29, 0.717) is 6.07 Å². The molecule has 0 saturated carbocycles. The highest BCUT2D eigenvalue weighted by molar-refractivity contribution is 9.10. The van der Waals surface area contributed by atoms with Crippen molar-refractivity contribution in [1.82, 2.24) is 4.31 Å². The van der Waals surface area contributed by atoms with Gasteiger partial charge in [-0.25, -0.2) is 8.42 Å². The topological polar surface area (TPSA) is 104 Å². The fourth-order valence-corrected chi connectivity index (χ4v) is 6.53. The van der Waals surface area contributed by atoms with Crippen LogP contribution >= 0.6 is 46.7 Å². The monoisotopic (exact) mass is 697 g/mol. The van der Waals surface area contributed by atoms with Crippen LogP contribution in [-0.4, -0.2) is 28.9 Å². The van der Waals surface area contributed by atoms with Crippen LogP contribution in [0.1, 0.15) is 16.7 Å². The number of alkyl halides is 5. The Kier molecular flexibility index (Phi) is 9.45. The maximum Gasteiger partial charge on any atom is 0.573 e. The Labute approximate surface area is 237 Å². The van der Waals surface area contributed by atoms with Crippen LogP contribution in [0.25, 0.3) is 0 Å². The van der Waals surface area contributed by atoms with Gasteiger partial charge in [-0.2, -0.15) is 13.1 Å². The summed E-state index contributed by atoms with van der Waals surface area (Å²) < 4.78 is 110. The molecule has 7 nitrogen and oxygen atoms in total. The quantitative estimate of drug-likeness (QED) is 0.180. The molecule has 0 aliphatic heterocycles. The zero-order chi connectivity index (χ0) is 29.4. The van der Waals surface area contributed by atoms with E-state index in [9.17, 15) is 34.9 Å². The third-order valence-electron chi connectivity index (χ3n) is 5.12. The first-order valence-electron chi connectivity index (χ1n) is 10.3. The highest BCUT2D eigenvalue weighted by atomic mass is 79.9. The molecular formula is C22H16BrCl2F5NO6PS. The molecule has 0 radical (unpaired) electrons. The number of ether oxygens (including phenoxy) is 1. The molecule has 2 N–H and O–H groups in total. The van der Waals surface area contributed by atoms with Crippen molar-refractivity contribution in [3.05, 3.63) is 91.9 Å². The highest BCUT2D eigenvalue weighted by Crippen LogP contribution is 2.60. The van der Waals surface area contributed by atoms with E-state index in [1.807, 2.05) is 0 Å². The molecule has 0 aromatic heterocycles. The first kappa shape index (κ1) is 31.8. The molecule has 0 aliphatic carbocycles. The molecule has 0 amide bonds. The summed E-state index contributed by atoms with van der Waals surface area (Å²) in [5.41, 5.74) is -5.28. The first-order chi connectivity index (χ1) is 17.8. The normalized spacial score (nSPS) is 13.1. The molecule has 3 aromatic rings. The van der Waals surface area contributed by atoms with Crippen LogP contribution in [0.3, 0.4) is 0 Å². The molecule has 17 heteroatoms. The smallest absolute Gasteiger partial charge is 0.404 e. The zero-order valence-corrected chi connectivity index (χ0v) is 23.9. The molecule has 0 unspecified atom stereocenters. The summed E-state index contributed by atoms with van der Waals surface area (Å²) in [6, 6.07) is 10.9. The lowest BCUT2D eigenvalue weighted by Crippen LogP contribution is -2.31.